The van der Waals surface area contributed by atoms with Crippen LogP contribution in [0.3, 0.4) is 0 Å². The molecule has 1 rings (SSSR count). The zero-order chi connectivity index (χ0) is 11.7. The number of rotatable bonds is 2. The number of hydrogen-bond acceptors (Lipinski definition) is 2. The lowest BCUT2D eigenvalue weighted by atomic mass is 9.93. The molecule has 1 heterocycles. The third kappa shape index (κ3) is 3.85. The average Bonchev–Trinajstić information content (AvgIpc) is 2.45. The van der Waals surface area contributed by atoms with E-state index in [-0.39, 0.29) is 11.2 Å². The highest BCUT2D eigenvalue weighted by Gasteiger charge is 2.29. The van der Waals surface area contributed by atoms with E-state index in [1.165, 1.54) is 12.3 Å². The van der Waals surface area contributed by atoms with Crippen molar-refractivity contribution in [3.05, 3.63) is 18.1 Å². The lowest BCUT2D eigenvalue weighted by Crippen LogP contribution is -2.19. The quantitative estimate of drug-likeness (QED) is 0.763. The summed E-state index contributed by atoms with van der Waals surface area (Å²) in [4.78, 5) is 0. The maximum atomic E-state index is 11.8. The maximum Gasteiger partial charge on any atom is 0.422 e. The van der Waals surface area contributed by atoms with Gasteiger partial charge < -0.3 is 9.15 Å². The van der Waals surface area contributed by atoms with Gasteiger partial charge in [-0.15, -0.1) is 0 Å². The molecule has 0 saturated heterocycles. The summed E-state index contributed by atoms with van der Waals surface area (Å²) < 4.78 is 45.1. The highest BCUT2D eigenvalue weighted by Crippen LogP contribution is 2.28. The van der Waals surface area contributed by atoms with Gasteiger partial charge in [0.05, 0.1) is 0 Å². The van der Waals surface area contributed by atoms with Crippen molar-refractivity contribution in [3.63, 3.8) is 0 Å². The molecule has 0 aliphatic carbocycles. The molecule has 15 heavy (non-hydrogen) atoms. The molecule has 0 aliphatic heterocycles. The molecule has 0 N–H and O–H groups in total. The summed E-state index contributed by atoms with van der Waals surface area (Å²) in [6.45, 7) is 4.41. The predicted octanol–water partition coefficient (Wildman–Crippen LogP) is 3.52. The highest BCUT2D eigenvalue weighted by atomic mass is 19.4. The molecular weight excluding hydrogens is 209 g/mol. The van der Waals surface area contributed by atoms with E-state index in [9.17, 15) is 13.2 Å². The van der Waals surface area contributed by atoms with E-state index < -0.39 is 12.8 Å². The van der Waals surface area contributed by atoms with E-state index in [0.29, 0.717) is 5.76 Å². The van der Waals surface area contributed by atoms with Crippen molar-refractivity contribution < 1.29 is 22.3 Å². The van der Waals surface area contributed by atoms with Crippen LogP contribution in [0.1, 0.15) is 26.5 Å². The van der Waals surface area contributed by atoms with E-state index in [0.717, 1.165) is 0 Å². The first-order valence-electron chi connectivity index (χ1n) is 4.47. The first-order chi connectivity index (χ1) is 6.68. The van der Waals surface area contributed by atoms with E-state index in [4.69, 9.17) is 4.42 Å². The Morgan fingerprint density at radius 3 is 2.27 bits per heavy atom. The molecule has 0 amide bonds. The molecule has 2 nitrogen and oxygen atoms in total. The fraction of sp³-hybridized carbons (Fsp3) is 0.600. The van der Waals surface area contributed by atoms with Crippen molar-refractivity contribution in [2.45, 2.75) is 32.4 Å². The molecule has 5 heteroatoms. The van der Waals surface area contributed by atoms with Crippen LogP contribution in [0, 0.1) is 0 Å². The van der Waals surface area contributed by atoms with E-state index >= 15 is 0 Å². The Kier molecular flexibility index (Phi) is 3.02. The van der Waals surface area contributed by atoms with E-state index in [1.807, 2.05) is 20.8 Å². The molecule has 86 valence electrons. The summed E-state index contributed by atoms with van der Waals surface area (Å²) >= 11 is 0. The number of hydrogen-bond donors (Lipinski definition) is 0. The predicted molar refractivity (Wildman–Crippen MR) is 49.0 cm³/mol. The molecule has 1 aromatic rings. The van der Waals surface area contributed by atoms with Crippen molar-refractivity contribution in [2.24, 2.45) is 0 Å². The summed E-state index contributed by atoms with van der Waals surface area (Å²) in [5.41, 5.74) is -0.236. The minimum atomic E-state index is -4.32. The molecule has 1 aromatic heterocycles. The third-order valence-corrected chi connectivity index (χ3v) is 1.72. The minimum absolute atomic E-state index is 0.109. The number of ether oxygens (including phenoxy) is 1. The van der Waals surface area contributed by atoms with Crippen LogP contribution in [0.2, 0.25) is 0 Å². The first kappa shape index (κ1) is 11.9. The smallest absolute Gasteiger partial charge is 0.422 e. The van der Waals surface area contributed by atoms with Crippen molar-refractivity contribution in [1.29, 1.82) is 0 Å². The molecule has 0 unspecified atom stereocenters. The fourth-order valence-corrected chi connectivity index (χ4v) is 0.953. The Labute approximate surface area is 86.0 Å². The van der Waals surface area contributed by atoms with Gasteiger partial charge in [-0.2, -0.15) is 13.2 Å². The Morgan fingerprint density at radius 1 is 1.27 bits per heavy atom. The fourth-order valence-electron chi connectivity index (χ4n) is 0.953. The van der Waals surface area contributed by atoms with Gasteiger partial charge in [0.15, 0.2) is 12.4 Å². The minimum Gasteiger partial charge on any atom is -0.481 e. The van der Waals surface area contributed by atoms with Gasteiger partial charge in [-0.05, 0) is 0 Å². The number of halogens is 3. The molecule has 0 radical (unpaired) electrons. The zero-order valence-corrected chi connectivity index (χ0v) is 8.81. The van der Waals surface area contributed by atoms with Gasteiger partial charge in [0.1, 0.15) is 12.0 Å². The Morgan fingerprint density at radius 2 is 1.87 bits per heavy atom. The molecule has 0 aromatic carbocycles. The third-order valence-electron chi connectivity index (χ3n) is 1.72. The Balaban J connectivity index is 2.62. The second-order valence-corrected chi connectivity index (χ2v) is 4.30. The van der Waals surface area contributed by atoms with Crippen LogP contribution in [-0.2, 0) is 5.41 Å². The molecule has 0 fully saturated rings. The van der Waals surface area contributed by atoms with Crippen LogP contribution in [0.15, 0.2) is 16.7 Å². The van der Waals surface area contributed by atoms with Gasteiger partial charge in [0, 0.05) is 11.5 Å². The van der Waals surface area contributed by atoms with Crippen molar-refractivity contribution in [2.75, 3.05) is 6.61 Å². The van der Waals surface area contributed by atoms with Crippen molar-refractivity contribution in [1.82, 2.24) is 0 Å². The molecule has 0 spiro atoms. The normalized spacial score (nSPS) is 12.9. The SMILES string of the molecule is CC(C)(C)c1cc(OCC(F)(F)F)co1. The van der Waals surface area contributed by atoms with Crippen LogP contribution in [0.25, 0.3) is 0 Å². The van der Waals surface area contributed by atoms with Gasteiger partial charge in [-0.25, -0.2) is 0 Å². The van der Waals surface area contributed by atoms with Gasteiger partial charge in [-0.3, -0.25) is 0 Å². The second-order valence-electron chi connectivity index (χ2n) is 4.30. The van der Waals surface area contributed by atoms with Crippen LogP contribution in [0.4, 0.5) is 13.2 Å². The van der Waals surface area contributed by atoms with Crippen LogP contribution in [-0.4, -0.2) is 12.8 Å². The van der Waals surface area contributed by atoms with E-state index in [1.54, 1.807) is 0 Å². The van der Waals surface area contributed by atoms with Gasteiger partial charge >= 0.3 is 6.18 Å². The summed E-state index contributed by atoms with van der Waals surface area (Å²) in [6.07, 6.45) is -3.13. The highest BCUT2D eigenvalue weighted by molar-refractivity contribution is 5.23. The van der Waals surface area contributed by atoms with E-state index in [2.05, 4.69) is 4.74 Å². The van der Waals surface area contributed by atoms with Crippen LogP contribution >= 0.6 is 0 Å². The lowest BCUT2D eigenvalue weighted by molar-refractivity contribution is -0.153. The summed E-state index contributed by atoms with van der Waals surface area (Å²) in [6, 6.07) is 1.48. The standard InChI is InChI=1S/C10H13F3O2/c1-9(2,3)8-4-7(5-14-8)15-6-10(11,12)13/h4-5H,6H2,1-3H3. The maximum absolute atomic E-state index is 11.8. The zero-order valence-electron chi connectivity index (χ0n) is 8.81. The summed E-state index contributed by atoms with van der Waals surface area (Å²) in [7, 11) is 0. The van der Waals surface area contributed by atoms with Crippen LogP contribution < -0.4 is 4.74 Å². The largest absolute Gasteiger partial charge is 0.481 e. The molecular formula is C10H13F3O2. The Hall–Kier alpha value is -1.13. The Bertz CT molecular complexity index is 320. The van der Waals surface area contributed by atoms with Crippen molar-refractivity contribution in [3.8, 4) is 5.75 Å². The first-order valence-corrected chi connectivity index (χ1v) is 4.47. The molecule has 0 saturated carbocycles. The average molecular weight is 222 g/mol. The van der Waals surface area contributed by atoms with Gasteiger partial charge in [-0.1, -0.05) is 20.8 Å². The van der Waals surface area contributed by atoms with Crippen molar-refractivity contribution >= 4 is 0 Å². The number of alkyl halides is 3. The molecule has 0 bridgehead atoms. The number of furan rings is 1. The second kappa shape index (κ2) is 3.79. The molecule has 0 aliphatic rings. The monoisotopic (exact) mass is 222 g/mol. The lowest BCUT2D eigenvalue weighted by Gasteiger charge is -2.13. The van der Waals surface area contributed by atoms with Gasteiger partial charge in [0.25, 0.3) is 0 Å². The summed E-state index contributed by atoms with van der Waals surface area (Å²) in [5.74, 6) is 0.705. The van der Waals surface area contributed by atoms with Crippen LogP contribution in [0.5, 0.6) is 5.75 Å². The van der Waals surface area contributed by atoms with Gasteiger partial charge in [0.2, 0.25) is 0 Å². The topological polar surface area (TPSA) is 22.4 Å². The summed E-state index contributed by atoms with van der Waals surface area (Å²) in [5, 5.41) is 0. The molecule has 0 atom stereocenters.